The van der Waals surface area contributed by atoms with E-state index in [1.165, 1.54) is 6.07 Å². The summed E-state index contributed by atoms with van der Waals surface area (Å²) < 4.78 is 13.6. The van der Waals surface area contributed by atoms with Crippen LogP contribution in [-0.2, 0) is 6.54 Å². The Balaban J connectivity index is 2.14. The number of anilines is 1. The lowest BCUT2D eigenvalue weighted by atomic mass is 10.2. The fourth-order valence-electron chi connectivity index (χ4n) is 1.72. The first-order valence-corrected chi connectivity index (χ1v) is 6.19. The van der Waals surface area contributed by atoms with E-state index in [1.807, 2.05) is 30.1 Å². The van der Waals surface area contributed by atoms with E-state index in [0.717, 1.165) is 11.4 Å². The molecule has 0 fully saturated rings. The van der Waals surface area contributed by atoms with Crippen molar-refractivity contribution >= 4 is 23.0 Å². The lowest BCUT2D eigenvalue weighted by Gasteiger charge is -2.18. The van der Waals surface area contributed by atoms with Crippen LogP contribution in [0, 0.1) is 5.82 Å². The number of nitrogens with two attached hydrogens (primary N) is 1. The molecule has 0 amide bonds. The van der Waals surface area contributed by atoms with Gasteiger partial charge in [-0.25, -0.2) is 9.37 Å². The van der Waals surface area contributed by atoms with Crippen molar-refractivity contribution in [1.82, 2.24) is 4.98 Å². The van der Waals surface area contributed by atoms with Gasteiger partial charge >= 0.3 is 0 Å². The van der Waals surface area contributed by atoms with Gasteiger partial charge in [0.25, 0.3) is 0 Å². The summed E-state index contributed by atoms with van der Waals surface area (Å²) in [5.41, 5.74) is 6.86. The molecule has 2 N–H and O–H groups in total. The van der Waals surface area contributed by atoms with Crippen LogP contribution in [0.4, 0.5) is 10.2 Å². The van der Waals surface area contributed by atoms with E-state index < -0.39 is 0 Å². The maximum absolute atomic E-state index is 13.6. The standard InChI is InChI=1S/C14H14FN3S/c1-18(9-11-4-2-3-5-12(11)15)13-7-6-10(8-17-13)14(16)19/h2-8H,9H2,1H3,(H2,16,19). The number of pyridine rings is 1. The number of thiocarbonyl (C=S) groups is 1. The van der Waals surface area contributed by atoms with Crippen LogP contribution in [0.3, 0.4) is 0 Å². The smallest absolute Gasteiger partial charge is 0.128 e. The minimum absolute atomic E-state index is 0.214. The molecule has 0 radical (unpaired) electrons. The molecule has 98 valence electrons. The summed E-state index contributed by atoms with van der Waals surface area (Å²) in [6, 6.07) is 10.3. The third-order valence-electron chi connectivity index (χ3n) is 2.79. The number of nitrogens with zero attached hydrogens (tertiary/aromatic N) is 2. The van der Waals surface area contributed by atoms with Crippen LogP contribution in [0.5, 0.6) is 0 Å². The van der Waals surface area contributed by atoms with Gasteiger partial charge in [0.05, 0.1) is 0 Å². The zero-order valence-electron chi connectivity index (χ0n) is 10.5. The number of rotatable bonds is 4. The number of hydrogen-bond donors (Lipinski definition) is 1. The van der Waals surface area contributed by atoms with E-state index >= 15 is 0 Å². The highest BCUT2D eigenvalue weighted by Crippen LogP contribution is 2.15. The zero-order chi connectivity index (χ0) is 13.8. The molecule has 5 heteroatoms. The van der Waals surface area contributed by atoms with E-state index in [4.69, 9.17) is 18.0 Å². The fourth-order valence-corrected chi connectivity index (χ4v) is 1.84. The van der Waals surface area contributed by atoms with Crippen molar-refractivity contribution in [2.75, 3.05) is 11.9 Å². The van der Waals surface area contributed by atoms with Crippen molar-refractivity contribution in [3.63, 3.8) is 0 Å². The lowest BCUT2D eigenvalue weighted by Crippen LogP contribution is -2.19. The Morgan fingerprint density at radius 2 is 2.05 bits per heavy atom. The summed E-state index contributed by atoms with van der Waals surface area (Å²) >= 11 is 4.87. The summed E-state index contributed by atoms with van der Waals surface area (Å²) in [5.74, 6) is 0.525. The zero-order valence-corrected chi connectivity index (χ0v) is 11.3. The van der Waals surface area contributed by atoms with Crippen LogP contribution >= 0.6 is 12.2 Å². The van der Waals surface area contributed by atoms with E-state index in [9.17, 15) is 4.39 Å². The highest BCUT2D eigenvalue weighted by Gasteiger charge is 2.07. The normalized spacial score (nSPS) is 10.2. The Hall–Kier alpha value is -2.01. The molecule has 2 aromatic rings. The fraction of sp³-hybridized carbons (Fsp3) is 0.143. The maximum Gasteiger partial charge on any atom is 0.128 e. The molecule has 1 aromatic carbocycles. The van der Waals surface area contributed by atoms with E-state index in [-0.39, 0.29) is 5.82 Å². The molecule has 0 aliphatic rings. The van der Waals surface area contributed by atoms with Gasteiger partial charge < -0.3 is 10.6 Å². The Labute approximate surface area is 116 Å². The average Bonchev–Trinajstić information content (AvgIpc) is 2.41. The SMILES string of the molecule is CN(Cc1ccccc1F)c1ccc(C(N)=S)cn1. The largest absolute Gasteiger partial charge is 0.389 e. The highest BCUT2D eigenvalue weighted by molar-refractivity contribution is 7.80. The number of hydrogen-bond acceptors (Lipinski definition) is 3. The monoisotopic (exact) mass is 275 g/mol. The summed E-state index contributed by atoms with van der Waals surface area (Å²) in [5, 5.41) is 0. The summed E-state index contributed by atoms with van der Waals surface area (Å²) in [6.07, 6.45) is 1.62. The Morgan fingerprint density at radius 3 is 2.63 bits per heavy atom. The van der Waals surface area contributed by atoms with Crippen LogP contribution in [0.15, 0.2) is 42.6 Å². The van der Waals surface area contributed by atoms with Crippen molar-refractivity contribution in [2.24, 2.45) is 5.73 Å². The van der Waals surface area contributed by atoms with Crippen LogP contribution in [-0.4, -0.2) is 17.0 Å². The van der Waals surface area contributed by atoms with Gasteiger partial charge in [0.15, 0.2) is 0 Å². The second-order valence-electron chi connectivity index (χ2n) is 4.22. The molecule has 3 nitrogen and oxygen atoms in total. The predicted octanol–water partition coefficient (Wildman–Crippen LogP) is 2.49. The Kier molecular flexibility index (Phi) is 4.06. The molecule has 19 heavy (non-hydrogen) atoms. The number of benzene rings is 1. The van der Waals surface area contributed by atoms with Gasteiger partial charge in [0.1, 0.15) is 16.6 Å². The number of aromatic nitrogens is 1. The van der Waals surface area contributed by atoms with Gasteiger partial charge in [0.2, 0.25) is 0 Å². The first-order valence-electron chi connectivity index (χ1n) is 5.78. The van der Waals surface area contributed by atoms with Crippen molar-refractivity contribution in [3.05, 3.63) is 59.5 Å². The van der Waals surface area contributed by atoms with Gasteiger partial charge in [-0.05, 0) is 18.2 Å². The second kappa shape index (κ2) is 5.75. The molecular weight excluding hydrogens is 261 g/mol. The van der Waals surface area contributed by atoms with Crippen LogP contribution < -0.4 is 10.6 Å². The van der Waals surface area contributed by atoms with E-state index in [1.54, 1.807) is 18.3 Å². The maximum atomic E-state index is 13.6. The van der Waals surface area contributed by atoms with Crippen molar-refractivity contribution in [1.29, 1.82) is 0 Å². The predicted molar refractivity (Wildman–Crippen MR) is 78.6 cm³/mol. The lowest BCUT2D eigenvalue weighted by molar-refractivity contribution is 0.607. The topological polar surface area (TPSA) is 42.1 Å². The molecule has 0 atom stereocenters. The van der Waals surface area contributed by atoms with E-state index in [0.29, 0.717) is 17.1 Å². The van der Waals surface area contributed by atoms with Gasteiger partial charge in [-0.3, -0.25) is 0 Å². The van der Waals surface area contributed by atoms with Crippen molar-refractivity contribution in [2.45, 2.75) is 6.54 Å². The average molecular weight is 275 g/mol. The molecule has 0 aliphatic heterocycles. The Bertz CT molecular complexity index is 583. The van der Waals surface area contributed by atoms with Crippen LogP contribution in [0.2, 0.25) is 0 Å². The molecular formula is C14H14FN3S. The molecule has 0 saturated heterocycles. The van der Waals surface area contributed by atoms with Crippen LogP contribution in [0.1, 0.15) is 11.1 Å². The molecule has 0 spiro atoms. The summed E-state index contributed by atoms with van der Waals surface area (Å²) in [6.45, 7) is 0.450. The highest BCUT2D eigenvalue weighted by atomic mass is 32.1. The third-order valence-corrected chi connectivity index (χ3v) is 3.02. The number of halogens is 1. The van der Waals surface area contributed by atoms with Gasteiger partial charge in [-0.15, -0.1) is 0 Å². The molecule has 0 unspecified atom stereocenters. The van der Waals surface area contributed by atoms with Gasteiger partial charge in [0, 0.05) is 30.9 Å². The Morgan fingerprint density at radius 1 is 1.32 bits per heavy atom. The van der Waals surface area contributed by atoms with Gasteiger partial charge in [-0.2, -0.15) is 0 Å². The molecule has 0 aliphatic carbocycles. The van der Waals surface area contributed by atoms with Crippen molar-refractivity contribution < 1.29 is 4.39 Å². The quantitative estimate of drug-likeness (QED) is 0.871. The summed E-state index contributed by atoms with van der Waals surface area (Å²) in [4.78, 5) is 6.44. The molecule has 2 rings (SSSR count). The second-order valence-corrected chi connectivity index (χ2v) is 4.66. The molecule has 0 bridgehead atoms. The third kappa shape index (κ3) is 3.26. The molecule has 0 saturated carbocycles. The first-order chi connectivity index (χ1) is 9.08. The molecule has 1 aromatic heterocycles. The van der Waals surface area contributed by atoms with Crippen LogP contribution in [0.25, 0.3) is 0 Å². The summed E-state index contributed by atoms with van der Waals surface area (Å²) in [7, 11) is 1.86. The first kappa shape index (κ1) is 13.4. The van der Waals surface area contributed by atoms with E-state index in [2.05, 4.69) is 4.98 Å². The van der Waals surface area contributed by atoms with Gasteiger partial charge in [-0.1, -0.05) is 30.4 Å². The molecule has 1 heterocycles. The minimum atomic E-state index is -0.214. The minimum Gasteiger partial charge on any atom is -0.389 e. The van der Waals surface area contributed by atoms with Crippen molar-refractivity contribution in [3.8, 4) is 0 Å².